The maximum Gasteiger partial charge on any atom is 0.460 e. The van der Waals surface area contributed by atoms with Crippen molar-refractivity contribution < 1.29 is 84.5 Å². The fourth-order valence-electron chi connectivity index (χ4n) is 1.64. The fraction of sp³-hybridized carbons (Fsp3) is 0.500. The lowest BCUT2D eigenvalue weighted by Gasteiger charge is -2.39. The number of rotatable bonds is 6. The summed E-state index contributed by atoms with van der Waals surface area (Å²) in [4.78, 5) is 0. The van der Waals surface area contributed by atoms with Gasteiger partial charge in [-0.2, -0.15) is 61.5 Å². The first-order valence-corrected chi connectivity index (χ1v) is 6.59. The van der Waals surface area contributed by atoms with Crippen molar-refractivity contribution in [3.8, 4) is 5.75 Å². The SMILES string of the molecule is OC(F)(Oc1c(F)c(F)c(F)c(F)c1F)C(F)(F)C(F)(F)C(F)(F)C(F)(F)C(F)(F)F. The topological polar surface area (TPSA) is 29.5 Å². The largest absolute Gasteiger partial charge is 0.460 e. The monoisotopic (exact) mass is 500 g/mol. The lowest BCUT2D eigenvalue weighted by molar-refractivity contribution is -0.468. The Labute approximate surface area is 156 Å². The van der Waals surface area contributed by atoms with Crippen molar-refractivity contribution in [3.63, 3.8) is 0 Å². The number of benzene rings is 1. The molecule has 1 unspecified atom stereocenters. The minimum Gasteiger partial charge on any atom is -0.425 e. The first kappa shape index (κ1) is 26.8. The molecule has 0 aliphatic rings. The molecule has 0 aromatic heterocycles. The predicted octanol–water partition coefficient (Wildman–Crippen LogP) is 5.48. The maximum atomic E-state index is 13.6. The second kappa shape index (κ2) is 7.16. The van der Waals surface area contributed by atoms with E-state index in [4.69, 9.17) is 5.11 Å². The summed E-state index contributed by atoms with van der Waals surface area (Å²) in [6.45, 7) is 0. The summed E-state index contributed by atoms with van der Waals surface area (Å²) >= 11 is 0. The third kappa shape index (κ3) is 3.59. The lowest BCUT2D eigenvalue weighted by Crippen LogP contribution is -2.71. The van der Waals surface area contributed by atoms with Crippen molar-refractivity contribution in [1.82, 2.24) is 0 Å². The molecular formula is C12HF17O2. The van der Waals surface area contributed by atoms with Crippen molar-refractivity contribution in [2.24, 2.45) is 0 Å². The van der Waals surface area contributed by atoms with Crippen LogP contribution in [-0.2, 0) is 0 Å². The molecule has 1 atom stereocenters. The van der Waals surface area contributed by atoms with E-state index in [1.807, 2.05) is 0 Å². The van der Waals surface area contributed by atoms with Gasteiger partial charge in [0.05, 0.1) is 0 Å². The molecule has 1 aromatic carbocycles. The standard InChI is InChI=1S/C12HF17O2/c13-1-2(14)4(16)6(5(17)3(1)15)31-12(29,30)10(24,25)8(20,21)7(18,19)9(22,23)11(26,27)28/h30H. The zero-order valence-corrected chi connectivity index (χ0v) is 13.3. The highest BCUT2D eigenvalue weighted by Crippen LogP contribution is 2.59. The number of halogens is 17. The molecule has 0 aliphatic carbocycles. The highest BCUT2D eigenvalue weighted by atomic mass is 19.4. The van der Waals surface area contributed by atoms with Crippen LogP contribution in [0.5, 0.6) is 5.75 Å². The zero-order valence-electron chi connectivity index (χ0n) is 13.3. The van der Waals surface area contributed by atoms with Gasteiger partial charge in [-0.3, -0.25) is 0 Å². The Morgan fingerprint density at radius 3 is 1.06 bits per heavy atom. The molecule has 0 amide bonds. The minimum atomic E-state index is -8.28. The summed E-state index contributed by atoms with van der Waals surface area (Å²) < 4.78 is 221. The van der Waals surface area contributed by atoms with Crippen LogP contribution in [0.15, 0.2) is 0 Å². The van der Waals surface area contributed by atoms with Crippen molar-refractivity contribution in [3.05, 3.63) is 29.1 Å². The maximum absolute atomic E-state index is 13.6. The molecule has 1 rings (SSSR count). The van der Waals surface area contributed by atoms with Crippen LogP contribution >= 0.6 is 0 Å². The molecule has 0 radical (unpaired) electrons. The predicted molar refractivity (Wildman–Crippen MR) is 58.8 cm³/mol. The van der Waals surface area contributed by atoms with Crippen LogP contribution < -0.4 is 4.74 Å². The molecular weight excluding hydrogens is 499 g/mol. The summed E-state index contributed by atoms with van der Waals surface area (Å²) in [5, 5.41) is 8.51. The van der Waals surface area contributed by atoms with E-state index in [0.717, 1.165) is 0 Å². The summed E-state index contributed by atoms with van der Waals surface area (Å²) in [6.07, 6.45) is -7.67. The van der Waals surface area contributed by atoms with Gasteiger partial charge in [0.15, 0.2) is 0 Å². The number of hydrogen-bond acceptors (Lipinski definition) is 2. The van der Waals surface area contributed by atoms with Gasteiger partial charge in [0, 0.05) is 0 Å². The van der Waals surface area contributed by atoms with Crippen molar-refractivity contribution in [1.29, 1.82) is 0 Å². The van der Waals surface area contributed by atoms with Gasteiger partial charge >= 0.3 is 35.9 Å². The smallest absolute Gasteiger partial charge is 0.425 e. The van der Waals surface area contributed by atoms with Gasteiger partial charge in [0.25, 0.3) is 0 Å². The number of hydrogen-bond donors (Lipinski definition) is 1. The zero-order chi connectivity index (χ0) is 25.2. The highest BCUT2D eigenvalue weighted by molar-refractivity contribution is 5.30. The van der Waals surface area contributed by atoms with Gasteiger partial charge in [-0.25, -0.2) is 13.2 Å². The van der Waals surface area contributed by atoms with Crippen LogP contribution in [0, 0.1) is 29.1 Å². The van der Waals surface area contributed by atoms with E-state index in [2.05, 4.69) is 4.74 Å². The van der Waals surface area contributed by atoms with E-state index in [9.17, 15) is 74.6 Å². The average Bonchev–Trinajstić information content (AvgIpc) is 2.60. The molecule has 0 saturated heterocycles. The Hall–Kier alpha value is -2.21. The van der Waals surface area contributed by atoms with Gasteiger partial charge in [-0.05, 0) is 0 Å². The Balaban J connectivity index is 3.63. The Morgan fingerprint density at radius 2 is 0.742 bits per heavy atom. The normalized spacial score (nSPS) is 16.3. The summed E-state index contributed by atoms with van der Waals surface area (Å²) in [6, 6.07) is -7.06. The van der Waals surface area contributed by atoms with Crippen molar-refractivity contribution >= 4 is 0 Å². The van der Waals surface area contributed by atoms with Crippen LogP contribution in [0.3, 0.4) is 0 Å². The van der Waals surface area contributed by atoms with E-state index >= 15 is 0 Å². The van der Waals surface area contributed by atoms with Gasteiger partial charge in [-0.1, -0.05) is 0 Å². The van der Waals surface area contributed by atoms with E-state index in [1.165, 1.54) is 0 Å². The molecule has 1 aromatic rings. The van der Waals surface area contributed by atoms with Gasteiger partial charge in [-0.15, -0.1) is 0 Å². The minimum absolute atomic E-state index is 2.43. The molecule has 180 valence electrons. The molecule has 0 fully saturated rings. The Kier molecular flexibility index (Phi) is 6.19. The van der Waals surface area contributed by atoms with Crippen molar-refractivity contribution in [2.75, 3.05) is 0 Å². The molecule has 19 heteroatoms. The third-order valence-corrected chi connectivity index (χ3v) is 3.33. The van der Waals surface area contributed by atoms with Crippen LogP contribution in [0.25, 0.3) is 0 Å². The molecule has 0 bridgehead atoms. The molecule has 0 spiro atoms. The third-order valence-electron chi connectivity index (χ3n) is 3.33. The van der Waals surface area contributed by atoms with Crippen LogP contribution in [0.2, 0.25) is 0 Å². The van der Waals surface area contributed by atoms with Crippen molar-refractivity contribution in [2.45, 2.75) is 35.9 Å². The molecule has 0 saturated carbocycles. The Bertz CT molecular complexity index is 827. The van der Waals surface area contributed by atoms with Crippen LogP contribution in [0.4, 0.5) is 74.6 Å². The second-order valence-corrected chi connectivity index (χ2v) is 5.36. The van der Waals surface area contributed by atoms with E-state index < -0.39 is 70.7 Å². The van der Waals surface area contributed by atoms with Gasteiger partial charge in [0.1, 0.15) is 0 Å². The van der Waals surface area contributed by atoms with E-state index in [0.29, 0.717) is 0 Å². The van der Waals surface area contributed by atoms with Gasteiger partial charge < -0.3 is 9.84 Å². The van der Waals surface area contributed by atoms with E-state index in [-0.39, 0.29) is 0 Å². The Morgan fingerprint density at radius 1 is 0.452 bits per heavy atom. The highest BCUT2D eigenvalue weighted by Gasteiger charge is 2.91. The quantitative estimate of drug-likeness (QED) is 0.243. The molecule has 31 heavy (non-hydrogen) atoms. The number of aliphatic hydroxyl groups is 1. The number of alkyl halides is 12. The van der Waals surface area contributed by atoms with Gasteiger partial charge in [0.2, 0.25) is 34.8 Å². The second-order valence-electron chi connectivity index (χ2n) is 5.36. The summed E-state index contributed by atoms with van der Waals surface area (Å²) in [7, 11) is 0. The lowest BCUT2D eigenvalue weighted by atomic mass is 9.97. The van der Waals surface area contributed by atoms with Crippen LogP contribution in [0.1, 0.15) is 0 Å². The molecule has 0 heterocycles. The van der Waals surface area contributed by atoms with Crippen LogP contribution in [-0.4, -0.2) is 41.0 Å². The molecule has 2 nitrogen and oxygen atoms in total. The number of ether oxygens (including phenoxy) is 1. The molecule has 0 aliphatic heterocycles. The molecule has 1 N–H and O–H groups in total. The average molecular weight is 500 g/mol. The van der Waals surface area contributed by atoms with E-state index in [1.54, 1.807) is 0 Å². The first-order chi connectivity index (χ1) is 13.4. The summed E-state index contributed by atoms with van der Waals surface area (Å²) in [5.74, 6) is -52.2. The summed E-state index contributed by atoms with van der Waals surface area (Å²) in [5.41, 5.74) is 0. The fourth-order valence-corrected chi connectivity index (χ4v) is 1.64. The first-order valence-electron chi connectivity index (χ1n) is 6.59.